The van der Waals surface area contributed by atoms with Gasteiger partial charge in [-0.3, -0.25) is 10.1 Å². The third-order valence-electron chi connectivity index (χ3n) is 2.89. The SMILES string of the molecule is COCCOC(=O)c1ccc(NC2CC2)c([N+](=O)[O-])c1. The molecule has 0 saturated heterocycles. The van der Waals surface area contributed by atoms with Gasteiger partial charge in [0.2, 0.25) is 0 Å². The lowest BCUT2D eigenvalue weighted by atomic mass is 10.1. The first-order valence-corrected chi connectivity index (χ1v) is 6.33. The number of nitrogens with zero attached hydrogens (tertiary/aromatic N) is 1. The van der Waals surface area contributed by atoms with Crippen molar-refractivity contribution in [3.8, 4) is 0 Å². The van der Waals surface area contributed by atoms with Crippen molar-refractivity contribution in [3.05, 3.63) is 33.9 Å². The second-order valence-electron chi connectivity index (χ2n) is 4.54. The number of ether oxygens (including phenoxy) is 2. The van der Waals surface area contributed by atoms with Gasteiger partial charge in [0.1, 0.15) is 12.3 Å². The summed E-state index contributed by atoms with van der Waals surface area (Å²) in [5.41, 5.74) is 0.484. The molecule has 108 valence electrons. The first kappa shape index (κ1) is 14.3. The number of nitro groups is 1. The molecular weight excluding hydrogens is 264 g/mol. The lowest BCUT2D eigenvalue weighted by Gasteiger charge is -2.08. The maximum absolute atomic E-state index is 11.7. The van der Waals surface area contributed by atoms with E-state index in [9.17, 15) is 14.9 Å². The highest BCUT2D eigenvalue weighted by molar-refractivity contribution is 5.91. The molecule has 2 rings (SSSR count). The standard InChI is InChI=1S/C13H16N2O5/c1-19-6-7-20-13(16)9-2-5-11(14-10-3-4-10)12(8-9)15(17)18/h2,5,8,10,14H,3-4,6-7H2,1H3. The maximum Gasteiger partial charge on any atom is 0.338 e. The lowest BCUT2D eigenvalue weighted by molar-refractivity contribution is -0.384. The molecule has 20 heavy (non-hydrogen) atoms. The summed E-state index contributed by atoms with van der Waals surface area (Å²) in [7, 11) is 1.50. The molecule has 0 atom stereocenters. The number of benzene rings is 1. The molecule has 0 unspecified atom stereocenters. The number of anilines is 1. The Hall–Kier alpha value is -2.15. The van der Waals surface area contributed by atoms with Crippen molar-refractivity contribution in [2.75, 3.05) is 25.6 Å². The number of hydrogen-bond acceptors (Lipinski definition) is 6. The van der Waals surface area contributed by atoms with Crippen LogP contribution in [0.1, 0.15) is 23.2 Å². The highest BCUT2D eigenvalue weighted by atomic mass is 16.6. The van der Waals surface area contributed by atoms with Crippen LogP contribution in [0.4, 0.5) is 11.4 Å². The topological polar surface area (TPSA) is 90.7 Å². The quantitative estimate of drug-likeness (QED) is 0.355. The van der Waals surface area contributed by atoms with Crippen LogP contribution in [0, 0.1) is 10.1 Å². The van der Waals surface area contributed by atoms with E-state index in [0.29, 0.717) is 11.7 Å². The molecule has 7 nitrogen and oxygen atoms in total. The normalized spacial score (nSPS) is 13.8. The Morgan fingerprint density at radius 3 is 2.80 bits per heavy atom. The van der Waals surface area contributed by atoms with Gasteiger partial charge in [-0.15, -0.1) is 0 Å². The predicted molar refractivity (Wildman–Crippen MR) is 71.9 cm³/mol. The van der Waals surface area contributed by atoms with Crippen LogP contribution in [0.5, 0.6) is 0 Å². The van der Waals surface area contributed by atoms with Gasteiger partial charge in [0.25, 0.3) is 5.69 Å². The van der Waals surface area contributed by atoms with Crippen LogP contribution < -0.4 is 5.32 Å². The highest BCUT2D eigenvalue weighted by Gasteiger charge is 2.25. The summed E-state index contributed by atoms with van der Waals surface area (Å²) >= 11 is 0. The Bertz CT molecular complexity index is 513. The fourth-order valence-corrected chi connectivity index (χ4v) is 1.68. The molecule has 1 saturated carbocycles. The number of methoxy groups -OCH3 is 1. The van der Waals surface area contributed by atoms with E-state index in [1.165, 1.54) is 19.2 Å². The molecule has 7 heteroatoms. The summed E-state index contributed by atoms with van der Waals surface area (Å²) in [5.74, 6) is -0.594. The number of carbonyl (C=O) groups excluding carboxylic acids is 1. The van der Waals surface area contributed by atoms with E-state index in [2.05, 4.69) is 5.32 Å². The van der Waals surface area contributed by atoms with E-state index in [4.69, 9.17) is 9.47 Å². The van der Waals surface area contributed by atoms with Crippen molar-refractivity contribution in [1.82, 2.24) is 0 Å². The van der Waals surface area contributed by atoms with E-state index in [1.54, 1.807) is 6.07 Å². The summed E-state index contributed by atoms with van der Waals surface area (Å²) in [6.45, 7) is 0.403. The van der Waals surface area contributed by atoms with Crippen molar-refractivity contribution < 1.29 is 19.2 Å². The monoisotopic (exact) mass is 280 g/mol. The predicted octanol–water partition coefficient (Wildman–Crippen LogP) is 1.97. The number of carbonyl (C=O) groups is 1. The van der Waals surface area contributed by atoms with Crippen LogP contribution in [0.15, 0.2) is 18.2 Å². The van der Waals surface area contributed by atoms with Crippen molar-refractivity contribution in [2.24, 2.45) is 0 Å². The van der Waals surface area contributed by atoms with Crippen LogP contribution >= 0.6 is 0 Å². The Morgan fingerprint density at radius 2 is 2.20 bits per heavy atom. The summed E-state index contributed by atoms with van der Waals surface area (Å²) in [6.07, 6.45) is 2.02. The van der Waals surface area contributed by atoms with Crippen LogP contribution in [-0.2, 0) is 9.47 Å². The number of esters is 1. The van der Waals surface area contributed by atoms with E-state index in [-0.39, 0.29) is 24.5 Å². The fourth-order valence-electron chi connectivity index (χ4n) is 1.68. The average Bonchev–Trinajstić information content (AvgIpc) is 3.23. The first-order valence-electron chi connectivity index (χ1n) is 6.33. The van der Waals surface area contributed by atoms with Gasteiger partial charge in [0.15, 0.2) is 0 Å². The molecule has 0 heterocycles. The smallest absolute Gasteiger partial charge is 0.338 e. The molecule has 1 fully saturated rings. The van der Waals surface area contributed by atoms with Crippen LogP contribution in [0.25, 0.3) is 0 Å². The summed E-state index contributed by atoms with van der Waals surface area (Å²) in [5, 5.41) is 14.1. The van der Waals surface area contributed by atoms with Crippen LogP contribution in [0.2, 0.25) is 0 Å². The second kappa shape index (κ2) is 6.33. The Balaban J connectivity index is 2.11. The molecule has 1 aromatic carbocycles. The van der Waals surface area contributed by atoms with Crippen LogP contribution in [-0.4, -0.2) is 37.3 Å². The zero-order valence-corrected chi connectivity index (χ0v) is 11.1. The van der Waals surface area contributed by atoms with Gasteiger partial charge in [0, 0.05) is 19.2 Å². The van der Waals surface area contributed by atoms with Gasteiger partial charge in [-0.25, -0.2) is 4.79 Å². The maximum atomic E-state index is 11.7. The molecule has 1 N–H and O–H groups in total. The Morgan fingerprint density at radius 1 is 1.45 bits per heavy atom. The molecule has 1 aromatic rings. The minimum atomic E-state index is -0.594. The first-order chi connectivity index (χ1) is 9.61. The van der Waals surface area contributed by atoms with E-state index in [0.717, 1.165) is 12.8 Å². The van der Waals surface area contributed by atoms with Gasteiger partial charge < -0.3 is 14.8 Å². The van der Waals surface area contributed by atoms with Gasteiger partial charge in [-0.1, -0.05) is 0 Å². The molecule has 0 aliphatic heterocycles. The Labute approximate surface area is 116 Å². The van der Waals surface area contributed by atoms with Gasteiger partial charge in [0.05, 0.1) is 17.1 Å². The number of hydrogen-bond donors (Lipinski definition) is 1. The minimum Gasteiger partial charge on any atom is -0.460 e. The third kappa shape index (κ3) is 3.67. The molecule has 1 aliphatic rings. The number of nitrogens with one attached hydrogen (secondary N) is 1. The van der Waals surface area contributed by atoms with Crippen molar-refractivity contribution in [1.29, 1.82) is 0 Å². The zero-order chi connectivity index (χ0) is 14.5. The largest absolute Gasteiger partial charge is 0.460 e. The number of rotatable bonds is 7. The minimum absolute atomic E-state index is 0.113. The molecular formula is C13H16N2O5. The molecule has 0 amide bonds. The molecule has 0 bridgehead atoms. The molecule has 1 aliphatic carbocycles. The molecule has 0 radical (unpaired) electrons. The van der Waals surface area contributed by atoms with Crippen LogP contribution in [0.3, 0.4) is 0 Å². The highest BCUT2D eigenvalue weighted by Crippen LogP contribution is 2.31. The lowest BCUT2D eigenvalue weighted by Crippen LogP contribution is -2.11. The third-order valence-corrected chi connectivity index (χ3v) is 2.89. The summed E-state index contributed by atoms with van der Waals surface area (Å²) < 4.78 is 9.69. The molecule has 0 aromatic heterocycles. The second-order valence-corrected chi connectivity index (χ2v) is 4.54. The zero-order valence-electron chi connectivity index (χ0n) is 11.1. The van der Waals surface area contributed by atoms with Gasteiger partial charge >= 0.3 is 5.97 Å². The number of nitro benzene ring substituents is 1. The van der Waals surface area contributed by atoms with Gasteiger partial charge in [-0.2, -0.15) is 0 Å². The van der Waals surface area contributed by atoms with Gasteiger partial charge in [-0.05, 0) is 25.0 Å². The average molecular weight is 280 g/mol. The van der Waals surface area contributed by atoms with E-state index >= 15 is 0 Å². The van der Waals surface area contributed by atoms with E-state index in [1.807, 2.05) is 0 Å². The summed E-state index contributed by atoms with van der Waals surface area (Å²) in [4.78, 5) is 22.3. The Kier molecular flexibility index (Phi) is 4.52. The van der Waals surface area contributed by atoms with Crippen molar-refractivity contribution in [2.45, 2.75) is 18.9 Å². The fraction of sp³-hybridized carbons (Fsp3) is 0.462. The van der Waals surface area contributed by atoms with E-state index < -0.39 is 10.9 Å². The van der Waals surface area contributed by atoms with Crippen molar-refractivity contribution in [3.63, 3.8) is 0 Å². The van der Waals surface area contributed by atoms with Crippen molar-refractivity contribution >= 4 is 17.3 Å². The summed E-state index contributed by atoms with van der Waals surface area (Å²) in [6, 6.07) is 4.60. The molecule has 0 spiro atoms.